The van der Waals surface area contributed by atoms with E-state index < -0.39 is 6.23 Å². The van der Waals surface area contributed by atoms with Crippen LogP contribution in [0.2, 0.25) is 0 Å². The van der Waals surface area contributed by atoms with Crippen LogP contribution >= 0.6 is 0 Å². The van der Waals surface area contributed by atoms with Gasteiger partial charge in [0, 0.05) is 26.1 Å². The summed E-state index contributed by atoms with van der Waals surface area (Å²) in [6, 6.07) is 10.1. The molecular formula is C27H48N4O2. The molecule has 0 aliphatic carbocycles. The molecule has 0 aliphatic heterocycles. The molecule has 1 aromatic carbocycles. The highest BCUT2D eigenvalue weighted by molar-refractivity contribution is 5.81. The lowest BCUT2D eigenvalue weighted by Crippen LogP contribution is -2.29. The van der Waals surface area contributed by atoms with Gasteiger partial charge in [-0.05, 0) is 64.5 Å². The summed E-state index contributed by atoms with van der Waals surface area (Å²) >= 11 is 0. The molecule has 188 valence electrons. The monoisotopic (exact) mass is 460 g/mol. The van der Waals surface area contributed by atoms with Crippen molar-refractivity contribution >= 4 is 16.7 Å². The van der Waals surface area contributed by atoms with E-state index in [4.69, 9.17) is 14.9 Å². The Kier molecular flexibility index (Phi) is 14.2. The van der Waals surface area contributed by atoms with Crippen molar-refractivity contribution < 1.29 is 10.6 Å². The molecule has 3 unspecified atom stereocenters. The fraction of sp³-hybridized carbons (Fsp3) is 0.556. The zero-order valence-corrected chi connectivity index (χ0v) is 21.7. The molecule has 0 radical (unpaired) electrons. The zero-order valence-electron chi connectivity index (χ0n) is 21.7. The van der Waals surface area contributed by atoms with Crippen molar-refractivity contribution in [2.24, 2.45) is 5.73 Å². The molecule has 0 saturated heterocycles. The standard InChI is InChI=1S/C25H40N4O2.C2H6.H2/c1-6-29(7-2)16-10-11-20(4)30-25(26)15-14-19(3)28-22(18-27-5)24-17-21-12-8-9-13-23(21)31-24;1-2;/h8-9,12-15,17-20,25,27-28H,6-7,10-11,16,26H2,1-5H3;1-2H3;1H/b15-14-,22-18-;;. The van der Waals surface area contributed by atoms with Crippen LogP contribution in [-0.2, 0) is 4.74 Å². The van der Waals surface area contributed by atoms with Crippen LogP contribution in [0.3, 0.4) is 0 Å². The molecule has 3 atom stereocenters. The second-order valence-electron chi connectivity index (χ2n) is 7.89. The van der Waals surface area contributed by atoms with Gasteiger partial charge >= 0.3 is 0 Å². The first kappa shape index (κ1) is 28.8. The highest BCUT2D eigenvalue weighted by Gasteiger charge is 2.11. The number of hydrogen-bond acceptors (Lipinski definition) is 6. The maximum atomic E-state index is 6.17. The number of nitrogens with two attached hydrogens (primary N) is 1. The van der Waals surface area contributed by atoms with Gasteiger partial charge in [0.15, 0.2) is 5.76 Å². The number of benzene rings is 1. The molecule has 0 aliphatic rings. The lowest BCUT2D eigenvalue weighted by atomic mass is 10.2. The summed E-state index contributed by atoms with van der Waals surface area (Å²) < 4.78 is 11.9. The first-order chi connectivity index (χ1) is 16.0. The largest absolute Gasteiger partial charge is 0.454 e. The Morgan fingerprint density at radius 3 is 2.52 bits per heavy atom. The molecule has 0 saturated carbocycles. The van der Waals surface area contributed by atoms with Gasteiger partial charge in [0.1, 0.15) is 11.8 Å². The van der Waals surface area contributed by atoms with Crippen molar-refractivity contribution in [1.82, 2.24) is 15.5 Å². The topological polar surface area (TPSA) is 75.7 Å². The van der Waals surface area contributed by atoms with Gasteiger partial charge < -0.3 is 30.4 Å². The van der Waals surface area contributed by atoms with Gasteiger partial charge in [-0.25, -0.2) is 0 Å². The number of hydrogen-bond donors (Lipinski definition) is 3. The molecular weight excluding hydrogens is 412 g/mol. The van der Waals surface area contributed by atoms with Crippen LogP contribution in [-0.4, -0.2) is 50.0 Å². The average Bonchev–Trinajstić information content (AvgIpc) is 3.26. The summed E-state index contributed by atoms with van der Waals surface area (Å²) in [5.74, 6) is 0.790. The highest BCUT2D eigenvalue weighted by atomic mass is 16.5. The van der Waals surface area contributed by atoms with E-state index in [1.54, 1.807) is 0 Å². The predicted molar refractivity (Wildman–Crippen MR) is 144 cm³/mol. The molecule has 2 aromatic rings. The van der Waals surface area contributed by atoms with E-state index in [1.165, 1.54) is 0 Å². The number of nitrogens with one attached hydrogen (secondary N) is 2. The van der Waals surface area contributed by atoms with Gasteiger partial charge in [-0.3, -0.25) is 0 Å². The number of rotatable bonds is 14. The number of ether oxygens (including phenoxy) is 1. The molecule has 6 nitrogen and oxygen atoms in total. The maximum absolute atomic E-state index is 6.17. The van der Waals surface area contributed by atoms with E-state index in [-0.39, 0.29) is 13.6 Å². The molecule has 6 heteroatoms. The lowest BCUT2D eigenvalue weighted by molar-refractivity contribution is 0.0206. The number of furan rings is 1. The minimum Gasteiger partial charge on any atom is -0.454 e. The van der Waals surface area contributed by atoms with Crippen molar-refractivity contribution in [2.45, 2.75) is 72.8 Å². The minimum atomic E-state index is -0.421. The first-order valence-corrected chi connectivity index (χ1v) is 12.4. The van der Waals surface area contributed by atoms with Gasteiger partial charge in [0.25, 0.3) is 0 Å². The van der Waals surface area contributed by atoms with Crippen molar-refractivity contribution in [2.75, 3.05) is 26.7 Å². The predicted octanol–water partition coefficient (Wildman–Crippen LogP) is 5.57. The fourth-order valence-electron chi connectivity index (χ4n) is 3.54. The summed E-state index contributed by atoms with van der Waals surface area (Å²) in [6.45, 7) is 15.9. The van der Waals surface area contributed by atoms with E-state index >= 15 is 0 Å². The first-order valence-electron chi connectivity index (χ1n) is 12.4. The Labute approximate surface area is 202 Å². The Hall–Kier alpha value is -2.28. The molecule has 0 bridgehead atoms. The molecule has 0 fully saturated rings. The third-order valence-corrected chi connectivity index (χ3v) is 5.32. The smallest absolute Gasteiger partial charge is 0.152 e. The third-order valence-electron chi connectivity index (χ3n) is 5.32. The average molecular weight is 461 g/mol. The van der Waals surface area contributed by atoms with Crippen molar-refractivity contribution in [3.63, 3.8) is 0 Å². The van der Waals surface area contributed by atoms with E-state index in [0.717, 1.165) is 54.9 Å². The van der Waals surface area contributed by atoms with Crippen LogP contribution in [0.1, 0.15) is 61.6 Å². The van der Waals surface area contributed by atoms with Crippen LogP contribution in [0.4, 0.5) is 0 Å². The third kappa shape index (κ3) is 10.5. The summed E-state index contributed by atoms with van der Waals surface area (Å²) in [7, 11) is 1.87. The Balaban J connectivity index is 0.00000353. The van der Waals surface area contributed by atoms with E-state index in [9.17, 15) is 0 Å². The molecule has 2 rings (SSSR count). The normalized spacial score (nSPS) is 14.8. The molecule has 4 N–H and O–H groups in total. The molecule has 1 heterocycles. The minimum absolute atomic E-state index is 0. The van der Waals surface area contributed by atoms with Gasteiger partial charge in [-0.15, -0.1) is 0 Å². The molecule has 0 amide bonds. The second kappa shape index (κ2) is 16.4. The van der Waals surface area contributed by atoms with E-state index in [1.807, 2.05) is 69.6 Å². The van der Waals surface area contributed by atoms with Gasteiger partial charge in [0.2, 0.25) is 0 Å². The second-order valence-corrected chi connectivity index (χ2v) is 7.89. The van der Waals surface area contributed by atoms with Crippen LogP contribution < -0.4 is 16.4 Å². The Morgan fingerprint density at radius 1 is 1.18 bits per heavy atom. The molecule has 1 aromatic heterocycles. The molecule has 33 heavy (non-hydrogen) atoms. The highest BCUT2D eigenvalue weighted by Crippen LogP contribution is 2.23. The van der Waals surface area contributed by atoms with Crippen LogP contribution in [0, 0.1) is 0 Å². The van der Waals surface area contributed by atoms with Crippen LogP contribution in [0.15, 0.2) is 53.1 Å². The molecule has 0 spiro atoms. The van der Waals surface area contributed by atoms with Crippen molar-refractivity contribution in [3.8, 4) is 0 Å². The summed E-state index contributed by atoms with van der Waals surface area (Å²) in [5.41, 5.74) is 7.92. The summed E-state index contributed by atoms with van der Waals surface area (Å²) in [6.07, 6.45) is 7.67. The quantitative estimate of drug-likeness (QED) is 0.253. The van der Waals surface area contributed by atoms with Gasteiger partial charge in [0.05, 0.1) is 11.8 Å². The number of fused-ring (bicyclic) bond motifs is 1. The Morgan fingerprint density at radius 2 is 1.88 bits per heavy atom. The van der Waals surface area contributed by atoms with Gasteiger partial charge in [-0.1, -0.05) is 52.0 Å². The van der Waals surface area contributed by atoms with E-state index in [2.05, 4.69) is 43.2 Å². The SMILES string of the molecule is CC.CCN(CC)CCCC(C)OC(N)/C=C\C(C)N/C(=C\NC)c1cc2ccccc2o1.[HH]. The number of nitrogens with zero attached hydrogens (tertiary/aromatic N) is 1. The Bertz CT molecular complexity index is 800. The number of para-hydroxylation sites is 1. The zero-order chi connectivity index (χ0) is 24.6. The summed E-state index contributed by atoms with van der Waals surface area (Å²) in [5, 5.41) is 7.62. The van der Waals surface area contributed by atoms with Crippen LogP contribution in [0.25, 0.3) is 16.7 Å². The van der Waals surface area contributed by atoms with Crippen molar-refractivity contribution in [3.05, 3.63) is 54.4 Å². The maximum Gasteiger partial charge on any atom is 0.152 e. The van der Waals surface area contributed by atoms with Gasteiger partial charge in [-0.2, -0.15) is 0 Å². The summed E-state index contributed by atoms with van der Waals surface area (Å²) in [4.78, 5) is 2.43. The van der Waals surface area contributed by atoms with Crippen molar-refractivity contribution in [1.29, 1.82) is 0 Å². The van der Waals surface area contributed by atoms with E-state index in [0.29, 0.717) is 0 Å². The lowest BCUT2D eigenvalue weighted by Gasteiger charge is -2.21. The fourth-order valence-corrected chi connectivity index (χ4v) is 3.54. The van der Waals surface area contributed by atoms with Crippen LogP contribution in [0.5, 0.6) is 0 Å².